The first-order valence-corrected chi connectivity index (χ1v) is 9.50. The number of ether oxygens (including phenoxy) is 3. The number of ketones is 1. The van der Waals surface area contributed by atoms with Gasteiger partial charge in [-0.05, 0) is 23.8 Å². The van der Waals surface area contributed by atoms with Gasteiger partial charge >= 0.3 is 0 Å². The average molecular weight is 448 g/mol. The summed E-state index contributed by atoms with van der Waals surface area (Å²) in [4.78, 5) is 12.9. The molecule has 0 aromatic heterocycles. The molecule has 2 aromatic carbocycles. The molecule has 2 aliphatic rings. The third-order valence-electron chi connectivity index (χ3n) is 5.11. The zero-order valence-corrected chi connectivity index (χ0v) is 16.3. The highest BCUT2D eigenvalue weighted by Crippen LogP contribution is 2.42. The molecule has 0 bridgehead atoms. The molecule has 170 valence electrons. The van der Waals surface area contributed by atoms with Crippen molar-refractivity contribution in [1.29, 1.82) is 0 Å². The number of aliphatic hydroxyl groups excluding tert-OH is 4. The van der Waals surface area contributed by atoms with E-state index in [1.165, 1.54) is 30.3 Å². The van der Waals surface area contributed by atoms with Gasteiger partial charge in [0.1, 0.15) is 47.2 Å². The topological polar surface area (TPSA) is 186 Å². The standard InChI is InChI=1S/C21H20O11/c22-7-15-18(27)19(28)20(29)21(32-15)31-13-6-9(23)5-12-16(13)17(26)14(30-12)4-8-1-2-10(24)11(25)3-8/h1-6,15,18-25,27-29H,7H2/t15-,18+,19-,20-,21+/m1/s1. The van der Waals surface area contributed by atoms with Crippen molar-refractivity contribution in [3.05, 3.63) is 47.2 Å². The number of hydrogen-bond acceptors (Lipinski definition) is 11. The van der Waals surface area contributed by atoms with Crippen molar-refractivity contribution in [2.75, 3.05) is 6.61 Å². The summed E-state index contributed by atoms with van der Waals surface area (Å²) in [6, 6.07) is 6.13. The monoisotopic (exact) mass is 448 g/mol. The average Bonchev–Trinajstić information content (AvgIpc) is 3.06. The molecule has 0 spiro atoms. The fraction of sp³-hybridized carbons (Fsp3) is 0.286. The van der Waals surface area contributed by atoms with Gasteiger partial charge in [0.25, 0.3) is 0 Å². The Bertz CT molecular complexity index is 1080. The Morgan fingerprint density at radius 3 is 2.41 bits per heavy atom. The number of Topliss-reactive ketones (excluding diaryl/α,β-unsaturated/α-hetero) is 1. The molecule has 0 saturated carbocycles. The molecule has 0 amide bonds. The Kier molecular flexibility index (Phi) is 5.67. The maximum atomic E-state index is 12.9. The predicted octanol–water partition coefficient (Wildman–Crippen LogP) is -0.402. The Hall–Kier alpha value is -3.35. The molecule has 5 atom stereocenters. The number of aromatic hydroxyl groups is 3. The second-order valence-corrected chi connectivity index (χ2v) is 7.32. The fourth-order valence-electron chi connectivity index (χ4n) is 3.43. The van der Waals surface area contributed by atoms with Crippen LogP contribution in [0.3, 0.4) is 0 Å². The Balaban J connectivity index is 1.65. The lowest BCUT2D eigenvalue weighted by molar-refractivity contribution is -0.277. The molecule has 4 rings (SSSR count). The van der Waals surface area contributed by atoms with Gasteiger partial charge in [0, 0.05) is 12.1 Å². The lowest BCUT2D eigenvalue weighted by Gasteiger charge is -2.39. The van der Waals surface area contributed by atoms with E-state index >= 15 is 0 Å². The van der Waals surface area contributed by atoms with Crippen LogP contribution >= 0.6 is 0 Å². The first kappa shape index (κ1) is 21.9. The summed E-state index contributed by atoms with van der Waals surface area (Å²) in [5.41, 5.74) is 0.242. The largest absolute Gasteiger partial charge is 0.508 e. The molecule has 32 heavy (non-hydrogen) atoms. The lowest BCUT2D eigenvalue weighted by Crippen LogP contribution is -2.60. The van der Waals surface area contributed by atoms with Crippen LogP contribution in [0.25, 0.3) is 6.08 Å². The van der Waals surface area contributed by atoms with E-state index in [1.807, 2.05) is 0 Å². The van der Waals surface area contributed by atoms with Crippen molar-refractivity contribution >= 4 is 11.9 Å². The van der Waals surface area contributed by atoms with Crippen molar-refractivity contribution < 1.29 is 54.8 Å². The molecule has 2 heterocycles. The third-order valence-corrected chi connectivity index (χ3v) is 5.11. The van der Waals surface area contributed by atoms with E-state index in [2.05, 4.69) is 0 Å². The first-order valence-electron chi connectivity index (χ1n) is 9.50. The minimum atomic E-state index is -1.72. The number of hydrogen-bond donors (Lipinski definition) is 7. The quantitative estimate of drug-likeness (QED) is 0.238. The summed E-state index contributed by atoms with van der Waals surface area (Å²) in [6.45, 7) is -0.669. The highest BCUT2D eigenvalue weighted by Gasteiger charge is 2.45. The highest BCUT2D eigenvalue weighted by atomic mass is 16.7. The van der Waals surface area contributed by atoms with Crippen molar-refractivity contribution in [2.45, 2.75) is 30.7 Å². The van der Waals surface area contributed by atoms with Crippen LogP contribution in [0.1, 0.15) is 15.9 Å². The van der Waals surface area contributed by atoms with Crippen LogP contribution in [-0.4, -0.2) is 78.8 Å². The van der Waals surface area contributed by atoms with E-state index in [-0.39, 0.29) is 34.3 Å². The van der Waals surface area contributed by atoms with E-state index in [0.29, 0.717) is 5.56 Å². The van der Waals surface area contributed by atoms with Gasteiger partial charge in [-0.25, -0.2) is 0 Å². The van der Waals surface area contributed by atoms with Gasteiger partial charge in [0.2, 0.25) is 12.1 Å². The minimum Gasteiger partial charge on any atom is -0.508 e. The number of aliphatic hydroxyl groups is 4. The maximum Gasteiger partial charge on any atom is 0.235 e. The van der Waals surface area contributed by atoms with Crippen LogP contribution in [0.5, 0.6) is 28.7 Å². The van der Waals surface area contributed by atoms with Gasteiger partial charge in [-0.15, -0.1) is 0 Å². The number of benzene rings is 2. The van der Waals surface area contributed by atoms with E-state index in [0.717, 1.165) is 6.07 Å². The molecule has 0 unspecified atom stereocenters. The summed E-state index contributed by atoms with van der Waals surface area (Å²) in [7, 11) is 0. The number of rotatable bonds is 4. The number of phenols is 3. The summed E-state index contributed by atoms with van der Waals surface area (Å²) < 4.78 is 16.3. The van der Waals surface area contributed by atoms with Crippen molar-refractivity contribution in [3.63, 3.8) is 0 Å². The Morgan fingerprint density at radius 2 is 1.72 bits per heavy atom. The van der Waals surface area contributed by atoms with E-state index in [9.17, 15) is 40.5 Å². The molecule has 1 fully saturated rings. The number of carbonyl (C=O) groups is 1. The summed E-state index contributed by atoms with van der Waals surface area (Å²) in [5.74, 6) is -2.17. The second kappa shape index (κ2) is 8.30. The van der Waals surface area contributed by atoms with Crippen LogP contribution < -0.4 is 9.47 Å². The maximum absolute atomic E-state index is 12.9. The SMILES string of the molecule is O=C1C(=Cc2ccc(O)c(O)c2)Oc2cc(O)cc(O[C@H]3O[C@H](CO)[C@H](O)[C@@H](O)[C@H]3O)c21. The van der Waals surface area contributed by atoms with Crippen molar-refractivity contribution in [2.24, 2.45) is 0 Å². The molecule has 2 aromatic rings. The highest BCUT2D eigenvalue weighted by molar-refractivity contribution is 6.16. The van der Waals surface area contributed by atoms with Crippen molar-refractivity contribution in [3.8, 4) is 28.7 Å². The smallest absolute Gasteiger partial charge is 0.235 e. The normalized spacial score (nSPS) is 28.4. The summed E-state index contributed by atoms with van der Waals surface area (Å²) in [5, 5.41) is 68.4. The molecular weight excluding hydrogens is 428 g/mol. The Labute approximate surface area is 180 Å². The first-order chi connectivity index (χ1) is 15.2. The summed E-state index contributed by atoms with van der Waals surface area (Å²) >= 11 is 0. The van der Waals surface area contributed by atoms with Crippen LogP contribution in [0.2, 0.25) is 0 Å². The fourth-order valence-corrected chi connectivity index (χ4v) is 3.43. The van der Waals surface area contributed by atoms with Gasteiger partial charge in [-0.2, -0.15) is 0 Å². The van der Waals surface area contributed by atoms with Crippen LogP contribution in [0.4, 0.5) is 0 Å². The van der Waals surface area contributed by atoms with Gasteiger partial charge in [0.15, 0.2) is 17.3 Å². The Morgan fingerprint density at radius 1 is 0.969 bits per heavy atom. The minimum absolute atomic E-state index is 0.0520. The van der Waals surface area contributed by atoms with Gasteiger partial charge in [-0.1, -0.05) is 6.07 Å². The van der Waals surface area contributed by atoms with Crippen LogP contribution in [0.15, 0.2) is 36.1 Å². The number of allylic oxidation sites excluding steroid dienone is 1. The van der Waals surface area contributed by atoms with Crippen LogP contribution in [0, 0.1) is 0 Å². The number of phenolic OH excluding ortho intramolecular Hbond substituents is 3. The number of carbonyl (C=O) groups excluding carboxylic acids is 1. The van der Waals surface area contributed by atoms with Gasteiger partial charge in [0.05, 0.1) is 6.61 Å². The molecule has 0 aliphatic carbocycles. The second-order valence-electron chi connectivity index (χ2n) is 7.32. The molecule has 11 nitrogen and oxygen atoms in total. The zero-order chi connectivity index (χ0) is 23.2. The molecule has 11 heteroatoms. The van der Waals surface area contributed by atoms with E-state index < -0.39 is 48.8 Å². The molecule has 0 radical (unpaired) electrons. The summed E-state index contributed by atoms with van der Waals surface area (Å²) in [6.07, 6.45) is -6.51. The van der Waals surface area contributed by atoms with E-state index in [4.69, 9.17) is 14.2 Å². The van der Waals surface area contributed by atoms with Gasteiger partial charge < -0.3 is 50.0 Å². The molecule has 7 N–H and O–H groups in total. The van der Waals surface area contributed by atoms with Crippen LogP contribution in [-0.2, 0) is 4.74 Å². The third kappa shape index (κ3) is 3.83. The lowest BCUT2D eigenvalue weighted by atomic mass is 9.99. The zero-order valence-electron chi connectivity index (χ0n) is 16.3. The number of fused-ring (bicyclic) bond motifs is 1. The predicted molar refractivity (Wildman–Crippen MR) is 105 cm³/mol. The van der Waals surface area contributed by atoms with Crippen molar-refractivity contribution in [1.82, 2.24) is 0 Å². The van der Waals surface area contributed by atoms with E-state index in [1.54, 1.807) is 0 Å². The molecule has 1 saturated heterocycles. The molecule has 2 aliphatic heterocycles. The van der Waals surface area contributed by atoms with Gasteiger partial charge in [-0.3, -0.25) is 4.79 Å². The molecular formula is C21H20O11.